The van der Waals surface area contributed by atoms with E-state index < -0.39 is 5.97 Å². The van der Waals surface area contributed by atoms with E-state index >= 15 is 0 Å². The average molecular weight is 248 g/mol. The van der Waals surface area contributed by atoms with Crippen LogP contribution in [0.2, 0.25) is 0 Å². The van der Waals surface area contributed by atoms with Crippen molar-refractivity contribution in [3.63, 3.8) is 0 Å². The zero-order valence-electron chi connectivity index (χ0n) is 11.3. The second-order valence-electron chi connectivity index (χ2n) is 4.86. The Morgan fingerprint density at radius 3 is 2.28 bits per heavy atom. The molecule has 1 unspecified atom stereocenters. The molecule has 0 aliphatic carbocycles. The van der Waals surface area contributed by atoms with Gasteiger partial charge in [0.25, 0.3) is 0 Å². The second kappa shape index (κ2) is 8.73. The van der Waals surface area contributed by atoms with Gasteiger partial charge in [-0.3, -0.25) is 4.79 Å². The Kier molecular flexibility index (Phi) is 7.16. The van der Waals surface area contributed by atoms with Crippen molar-refractivity contribution in [3.8, 4) is 0 Å². The van der Waals surface area contributed by atoms with E-state index in [1.165, 1.54) is 25.7 Å². The van der Waals surface area contributed by atoms with E-state index in [-0.39, 0.29) is 5.92 Å². The van der Waals surface area contributed by atoms with Gasteiger partial charge in [-0.2, -0.15) is 0 Å². The van der Waals surface area contributed by atoms with Crippen molar-refractivity contribution in [2.24, 2.45) is 0 Å². The number of unbranched alkanes of at least 4 members (excludes halogenated alkanes) is 5. The molecule has 0 spiro atoms. The van der Waals surface area contributed by atoms with Crippen LogP contribution in [0, 0.1) is 0 Å². The first-order valence-electron chi connectivity index (χ1n) is 7.03. The van der Waals surface area contributed by atoms with E-state index in [0.717, 1.165) is 24.8 Å². The molecule has 0 fully saturated rings. The lowest BCUT2D eigenvalue weighted by molar-refractivity contribution is -0.139. The molecule has 1 aromatic rings. The Labute approximate surface area is 110 Å². The van der Waals surface area contributed by atoms with E-state index in [2.05, 4.69) is 6.92 Å². The highest BCUT2D eigenvalue weighted by molar-refractivity contribution is 5.75. The lowest BCUT2D eigenvalue weighted by Crippen LogP contribution is -2.11. The van der Waals surface area contributed by atoms with Crippen LogP contribution in [0.25, 0.3) is 0 Å². The molecule has 0 bridgehead atoms. The van der Waals surface area contributed by atoms with Crippen molar-refractivity contribution in [2.45, 2.75) is 57.8 Å². The fourth-order valence-electron chi connectivity index (χ4n) is 2.25. The summed E-state index contributed by atoms with van der Waals surface area (Å²) in [7, 11) is 0. The van der Waals surface area contributed by atoms with Gasteiger partial charge in [0.15, 0.2) is 0 Å². The molecule has 2 nitrogen and oxygen atoms in total. The molecule has 0 heterocycles. The molecule has 1 N–H and O–H groups in total. The number of carbonyl (C=O) groups is 1. The van der Waals surface area contributed by atoms with Crippen molar-refractivity contribution >= 4 is 5.97 Å². The van der Waals surface area contributed by atoms with E-state index in [4.69, 9.17) is 0 Å². The zero-order chi connectivity index (χ0) is 13.2. The maximum Gasteiger partial charge on any atom is 0.310 e. The molecule has 0 aromatic heterocycles. The summed E-state index contributed by atoms with van der Waals surface area (Å²) in [4.78, 5) is 11.3. The van der Waals surface area contributed by atoms with Crippen molar-refractivity contribution < 1.29 is 9.90 Å². The monoisotopic (exact) mass is 248 g/mol. The Morgan fingerprint density at radius 2 is 1.67 bits per heavy atom. The molecule has 0 aliphatic rings. The molecule has 0 saturated heterocycles. The normalized spacial score (nSPS) is 12.3. The van der Waals surface area contributed by atoms with Crippen LogP contribution in [-0.4, -0.2) is 11.1 Å². The predicted octanol–water partition coefficient (Wildman–Crippen LogP) is 4.61. The third-order valence-electron chi connectivity index (χ3n) is 3.35. The van der Waals surface area contributed by atoms with E-state index in [0.29, 0.717) is 0 Å². The molecular formula is C16H24O2. The van der Waals surface area contributed by atoms with E-state index in [1.54, 1.807) is 0 Å². The number of hydrogen-bond acceptors (Lipinski definition) is 1. The maximum absolute atomic E-state index is 11.3. The van der Waals surface area contributed by atoms with Gasteiger partial charge in [0.05, 0.1) is 5.92 Å². The lowest BCUT2D eigenvalue weighted by atomic mass is 9.93. The lowest BCUT2D eigenvalue weighted by Gasteiger charge is -2.12. The second-order valence-corrected chi connectivity index (χ2v) is 4.86. The van der Waals surface area contributed by atoms with Gasteiger partial charge in [-0.25, -0.2) is 0 Å². The molecule has 100 valence electrons. The molecule has 0 aliphatic heterocycles. The molecule has 1 atom stereocenters. The van der Waals surface area contributed by atoms with Crippen LogP contribution in [0.4, 0.5) is 0 Å². The Bertz CT molecular complexity index is 332. The highest BCUT2D eigenvalue weighted by atomic mass is 16.4. The summed E-state index contributed by atoms with van der Waals surface area (Å²) in [6.45, 7) is 2.20. The Hall–Kier alpha value is -1.31. The number of aliphatic carboxylic acids is 1. The standard InChI is InChI=1S/C16H24O2/c1-2-3-4-5-6-10-13-15(16(17)18)14-11-8-7-9-12-14/h7-9,11-12,15H,2-6,10,13H2,1H3,(H,17,18). The highest BCUT2D eigenvalue weighted by Crippen LogP contribution is 2.23. The predicted molar refractivity (Wildman–Crippen MR) is 74.8 cm³/mol. The van der Waals surface area contributed by atoms with Crippen LogP contribution in [-0.2, 0) is 4.79 Å². The number of benzene rings is 1. The third kappa shape index (κ3) is 5.35. The molecule has 2 heteroatoms. The van der Waals surface area contributed by atoms with Gasteiger partial charge in [-0.15, -0.1) is 0 Å². The minimum Gasteiger partial charge on any atom is -0.481 e. The molecular weight excluding hydrogens is 224 g/mol. The van der Waals surface area contributed by atoms with Crippen molar-refractivity contribution in [2.75, 3.05) is 0 Å². The topological polar surface area (TPSA) is 37.3 Å². The molecule has 0 saturated carbocycles. The van der Waals surface area contributed by atoms with Crippen LogP contribution >= 0.6 is 0 Å². The molecule has 0 radical (unpaired) electrons. The van der Waals surface area contributed by atoms with Gasteiger partial charge in [-0.05, 0) is 12.0 Å². The van der Waals surface area contributed by atoms with Gasteiger partial charge >= 0.3 is 5.97 Å². The summed E-state index contributed by atoms with van der Waals surface area (Å²) >= 11 is 0. The van der Waals surface area contributed by atoms with Crippen LogP contribution in [0.5, 0.6) is 0 Å². The first-order valence-corrected chi connectivity index (χ1v) is 7.03. The summed E-state index contributed by atoms with van der Waals surface area (Å²) in [5.74, 6) is -1.04. The Balaban J connectivity index is 2.34. The van der Waals surface area contributed by atoms with Gasteiger partial charge in [-0.1, -0.05) is 75.8 Å². The summed E-state index contributed by atoms with van der Waals surface area (Å²) in [5.41, 5.74) is 0.929. The summed E-state index contributed by atoms with van der Waals surface area (Å²) in [5, 5.41) is 9.27. The van der Waals surface area contributed by atoms with Crippen LogP contribution in [0.15, 0.2) is 30.3 Å². The molecule has 18 heavy (non-hydrogen) atoms. The minimum absolute atomic E-state index is 0.336. The molecule has 1 aromatic carbocycles. The van der Waals surface area contributed by atoms with Crippen molar-refractivity contribution in [1.29, 1.82) is 0 Å². The van der Waals surface area contributed by atoms with E-state index in [9.17, 15) is 9.90 Å². The van der Waals surface area contributed by atoms with Gasteiger partial charge in [0.2, 0.25) is 0 Å². The first-order chi connectivity index (χ1) is 8.75. The Morgan fingerprint density at radius 1 is 1.06 bits per heavy atom. The maximum atomic E-state index is 11.3. The molecule has 0 amide bonds. The van der Waals surface area contributed by atoms with Gasteiger partial charge < -0.3 is 5.11 Å². The smallest absolute Gasteiger partial charge is 0.310 e. The number of carboxylic acid groups (broad SMARTS) is 1. The van der Waals surface area contributed by atoms with E-state index in [1.807, 2.05) is 30.3 Å². The van der Waals surface area contributed by atoms with Crippen LogP contribution < -0.4 is 0 Å². The number of rotatable bonds is 9. The summed E-state index contributed by atoms with van der Waals surface area (Å²) < 4.78 is 0. The van der Waals surface area contributed by atoms with Crippen molar-refractivity contribution in [1.82, 2.24) is 0 Å². The first kappa shape index (κ1) is 14.7. The summed E-state index contributed by atoms with van der Waals surface area (Å²) in [6, 6.07) is 9.57. The van der Waals surface area contributed by atoms with Crippen LogP contribution in [0.3, 0.4) is 0 Å². The highest BCUT2D eigenvalue weighted by Gasteiger charge is 2.18. The molecule has 1 rings (SSSR count). The number of carboxylic acids is 1. The van der Waals surface area contributed by atoms with Gasteiger partial charge in [0, 0.05) is 0 Å². The van der Waals surface area contributed by atoms with Crippen LogP contribution in [0.1, 0.15) is 63.4 Å². The zero-order valence-corrected chi connectivity index (χ0v) is 11.3. The number of hydrogen-bond donors (Lipinski definition) is 1. The third-order valence-corrected chi connectivity index (χ3v) is 3.35. The van der Waals surface area contributed by atoms with Crippen molar-refractivity contribution in [3.05, 3.63) is 35.9 Å². The van der Waals surface area contributed by atoms with Gasteiger partial charge in [0.1, 0.15) is 0 Å². The average Bonchev–Trinajstić information content (AvgIpc) is 2.38. The summed E-state index contributed by atoms with van der Waals surface area (Å²) in [6.07, 6.45) is 7.97. The largest absolute Gasteiger partial charge is 0.481 e. The quantitative estimate of drug-likeness (QED) is 0.648. The fourth-order valence-corrected chi connectivity index (χ4v) is 2.25. The fraction of sp³-hybridized carbons (Fsp3) is 0.562. The SMILES string of the molecule is CCCCCCCCC(C(=O)O)c1ccccc1. The minimum atomic E-state index is -0.699.